The third-order valence-corrected chi connectivity index (χ3v) is 7.41. The number of carbonyl (C=O) groups is 1. The molecule has 0 radical (unpaired) electrons. The molecular formula is C27H32N6O. The van der Waals surface area contributed by atoms with Crippen molar-refractivity contribution < 1.29 is 4.79 Å². The zero-order chi connectivity index (χ0) is 23.1. The summed E-state index contributed by atoms with van der Waals surface area (Å²) in [6, 6.07) is 17.0. The van der Waals surface area contributed by atoms with Crippen molar-refractivity contribution in [2.45, 2.75) is 63.8 Å². The zero-order valence-electron chi connectivity index (χ0n) is 19.6. The molecule has 2 amide bonds. The van der Waals surface area contributed by atoms with E-state index < -0.39 is 0 Å². The van der Waals surface area contributed by atoms with Crippen LogP contribution in [0.1, 0.15) is 44.6 Å². The summed E-state index contributed by atoms with van der Waals surface area (Å²) in [7, 11) is 0. The molecule has 34 heavy (non-hydrogen) atoms. The number of aliphatic imine (C=N–C) groups is 1. The first kappa shape index (κ1) is 21.2. The van der Waals surface area contributed by atoms with Crippen molar-refractivity contribution in [1.29, 1.82) is 0 Å². The minimum absolute atomic E-state index is 0.192. The van der Waals surface area contributed by atoms with E-state index in [-0.39, 0.29) is 18.2 Å². The third-order valence-electron chi connectivity index (χ3n) is 7.41. The predicted molar refractivity (Wildman–Crippen MR) is 137 cm³/mol. The van der Waals surface area contributed by atoms with E-state index in [0.29, 0.717) is 6.04 Å². The summed E-state index contributed by atoms with van der Waals surface area (Å²) >= 11 is 0. The number of carbonyl (C=O) groups excluding carboxylic acids is 1. The van der Waals surface area contributed by atoms with Crippen LogP contribution in [0.25, 0.3) is 10.9 Å². The van der Waals surface area contributed by atoms with Gasteiger partial charge in [0.15, 0.2) is 0 Å². The molecule has 1 aliphatic carbocycles. The van der Waals surface area contributed by atoms with Crippen LogP contribution >= 0.6 is 0 Å². The lowest BCUT2D eigenvalue weighted by Gasteiger charge is -2.39. The van der Waals surface area contributed by atoms with Gasteiger partial charge in [0.05, 0.1) is 6.04 Å². The lowest BCUT2D eigenvalue weighted by atomic mass is 9.93. The van der Waals surface area contributed by atoms with Crippen LogP contribution in [0.3, 0.4) is 0 Å². The van der Waals surface area contributed by atoms with Crippen LogP contribution in [-0.4, -0.2) is 46.5 Å². The first-order valence-electron chi connectivity index (χ1n) is 12.5. The van der Waals surface area contributed by atoms with Gasteiger partial charge in [-0.15, -0.1) is 0 Å². The van der Waals surface area contributed by atoms with Gasteiger partial charge in [0.2, 0.25) is 0 Å². The molecule has 176 valence electrons. The number of H-pyrrole nitrogens is 1. The highest BCUT2D eigenvalue weighted by Crippen LogP contribution is 2.35. The summed E-state index contributed by atoms with van der Waals surface area (Å²) in [6.07, 6.45) is 7.74. The van der Waals surface area contributed by atoms with Crippen molar-refractivity contribution in [2.75, 3.05) is 16.8 Å². The summed E-state index contributed by atoms with van der Waals surface area (Å²) in [6.45, 7) is 3.80. The van der Waals surface area contributed by atoms with E-state index >= 15 is 0 Å². The van der Waals surface area contributed by atoms with Crippen molar-refractivity contribution in [3.8, 4) is 0 Å². The molecule has 0 spiro atoms. The predicted octanol–water partition coefficient (Wildman–Crippen LogP) is 5.07. The second-order valence-electron chi connectivity index (χ2n) is 9.82. The number of rotatable bonds is 3. The van der Waals surface area contributed by atoms with Crippen LogP contribution in [0, 0.1) is 0 Å². The molecule has 2 aromatic carbocycles. The summed E-state index contributed by atoms with van der Waals surface area (Å²) in [5.41, 5.74) is 4.30. The van der Waals surface area contributed by atoms with Crippen molar-refractivity contribution in [2.24, 2.45) is 4.99 Å². The van der Waals surface area contributed by atoms with E-state index in [1.807, 2.05) is 30.5 Å². The molecule has 0 saturated heterocycles. The number of hydrogen-bond acceptors (Lipinski definition) is 4. The molecule has 3 aliphatic rings. The van der Waals surface area contributed by atoms with Crippen molar-refractivity contribution in [1.82, 2.24) is 15.2 Å². The monoisotopic (exact) mass is 456 g/mol. The number of amides is 2. The Morgan fingerprint density at radius 3 is 2.82 bits per heavy atom. The highest BCUT2D eigenvalue weighted by Gasteiger charge is 2.41. The van der Waals surface area contributed by atoms with Gasteiger partial charge in [-0.25, -0.2) is 4.79 Å². The Morgan fingerprint density at radius 2 is 1.94 bits per heavy atom. The van der Waals surface area contributed by atoms with Crippen LogP contribution < -0.4 is 15.5 Å². The molecule has 1 aromatic heterocycles. The Labute approximate surface area is 200 Å². The maximum absolute atomic E-state index is 13.3. The SMILES string of the molecule is C[C@H]1CN2C(=N1)[C@@H](NC(=O)Nc1ccc3cc[nH]c3c1)N(C1CCCCC1)Cc1ccccc12. The minimum atomic E-state index is -0.269. The van der Waals surface area contributed by atoms with E-state index in [1.165, 1.54) is 30.5 Å². The number of para-hydroxylation sites is 1. The molecule has 1 fully saturated rings. The number of amidine groups is 1. The Balaban J connectivity index is 1.32. The summed E-state index contributed by atoms with van der Waals surface area (Å²) < 4.78 is 0. The number of anilines is 2. The number of benzene rings is 2. The molecule has 2 atom stereocenters. The van der Waals surface area contributed by atoms with Crippen molar-refractivity contribution in [3.05, 3.63) is 60.3 Å². The molecule has 6 rings (SSSR count). The third kappa shape index (κ3) is 3.94. The quantitative estimate of drug-likeness (QED) is 0.515. The Bertz CT molecular complexity index is 1230. The number of hydrogen-bond donors (Lipinski definition) is 3. The Kier molecular flexibility index (Phi) is 5.49. The Hall–Kier alpha value is -3.32. The summed E-state index contributed by atoms with van der Waals surface area (Å²) in [5, 5.41) is 7.50. The topological polar surface area (TPSA) is 75.8 Å². The lowest BCUT2D eigenvalue weighted by Crippen LogP contribution is -2.59. The second-order valence-corrected chi connectivity index (χ2v) is 9.82. The molecule has 3 aromatic rings. The number of nitrogens with one attached hydrogen (secondary N) is 3. The zero-order valence-corrected chi connectivity index (χ0v) is 19.6. The van der Waals surface area contributed by atoms with Gasteiger partial charge in [0, 0.05) is 42.2 Å². The largest absolute Gasteiger partial charge is 0.361 e. The molecule has 2 aliphatic heterocycles. The van der Waals surface area contributed by atoms with Gasteiger partial charge in [-0.1, -0.05) is 43.5 Å². The standard InChI is InChI=1S/C27H32N6O/c1-18-16-33-24-10-6-5-7-20(24)17-32(22-8-3-2-4-9-22)26(25(33)29-18)31-27(34)30-21-12-11-19-13-14-28-23(19)15-21/h5-7,10-15,18,22,26,28H,2-4,8-9,16-17H2,1H3,(H2,30,31,34)/t18-,26-/m0/s1. The fraction of sp³-hybridized carbons (Fsp3) is 0.407. The van der Waals surface area contributed by atoms with E-state index in [1.54, 1.807) is 0 Å². The molecule has 7 heteroatoms. The summed E-state index contributed by atoms with van der Waals surface area (Å²) in [4.78, 5) is 26.4. The van der Waals surface area contributed by atoms with Crippen LogP contribution in [-0.2, 0) is 6.54 Å². The lowest BCUT2D eigenvalue weighted by molar-refractivity contribution is 0.115. The molecule has 0 bridgehead atoms. The number of aromatic amines is 1. The average molecular weight is 457 g/mol. The van der Waals surface area contributed by atoms with Gasteiger partial charge >= 0.3 is 6.03 Å². The van der Waals surface area contributed by atoms with E-state index in [4.69, 9.17) is 4.99 Å². The molecule has 3 N–H and O–H groups in total. The molecular weight excluding hydrogens is 424 g/mol. The second kappa shape index (κ2) is 8.80. The van der Waals surface area contributed by atoms with E-state index in [9.17, 15) is 4.79 Å². The Morgan fingerprint density at radius 1 is 1.09 bits per heavy atom. The van der Waals surface area contributed by atoms with Gasteiger partial charge in [-0.05, 0) is 55.0 Å². The van der Waals surface area contributed by atoms with Gasteiger partial charge < -0.3 is 20.5 Å². The van der Waals surface area contributed by atoms with Crippen molar-refractivity contribution >= 4 is 34.1 Å². The molecule has 7 nitrogen and oxygen atoms in total. The normalized spacial score (nSPS) is 23.2. The van der Waals surface area contributed by atoms with Crippen LogP contribution in [0.4, 0.5) is 16.2 Å². The van der Waals surface area contributed by atoms with Gasteiger partial charge in [0.1, 0.15) is 12.0 Å². The fourth-order valence-electron chi connectivity index (χ4n) is 5.80. The smallest absolute Gasteiger partial charge is 0.320 e. The summed E-state index contributed by atoms with van der Waals surface area (Å²) in [5.74, 6) is 0.956. The van der Waals surface area contributed by atoms with Gasteiger partial charge in [-0.2, -0.15) is 0 Å². The van der Waals surface area contributed by atoms with Gasteiger partial charge in [0.25, 0.3) is 0 Å². The van der Waals surface area contributed by atoms with Crippen LogP contribution in [0.5, 0.6) is 0 Å². The van der Waals surface area contributed by atoms with Crippen LogP contribution in [0.15, 0.2) is 59.7 Å². The maximum atomic E-state index is 13.3. The fourth-order valence-corrected chi connectivity index (χ4v) is 5.80. The molecule has 3 heterocycles. The van der Waals surface area contributed by atoms with E-state index in [2.05, 4.69) is 56.6 Å². The number of urea groups is 1. The first-order valence-corrected chi connectivity index (χ1v) is 12.5. The number of fused-ring (bicyclic) bond motifs is 4. The maximum Gasteiger partial charge on any atom is 0.320 e. The molecule has 1 saturated carbocycles. The first-order chi connectivity index (χ1) is 16.7. The van der Waals surface area contributed by atoms with E-state index in [0.717, 1.165) is 48.4 Å². The van der Waals surface area contributed by atoms with Gasteiger partial charge in [-0.3, -0.25) is 9.89 Å². The minimum Gasteiger partial charge on any atom is -0.361 e. The number of nitrogens with zero attached hydrogens (tertiary/aromatic N) is 3. The average Bonchev–Trinajstić information content (AvgIpc) is 3.45. The van der Waals surface area contributed by atoms with Crippen LogP contribution in [0.2, 0.25) is 0 Å². The number of aromatic nitrogens is 1. The molecule has 0 unspecified atom stereocenters. The highest BCUT2D eigenvalue weighted by atomic mass is 16.2. The highest BCUT2D eigenvalue weighted by molar-refractivity contribution is 6.06. The van der Waals surface area contributed by atoms with Crippen molar-refractivity contribution in [3.63, 3.8) is 0 Å².